The maximum atomic E-state index is 6.35. The number of benzene rings is 1. The topological polar surface area (TPSA) is 42.1 Å². The molecule has 0 aliphatic carbocycles. The van der Waals surface area contributed by atoms with E-state index in [4.69, 9.17) is 10.7 Å². The van der Waals surface area contributed by atoms with Gasteiger partial charge >= 0.3 is 0 Å². The van der Waals surface area contributed by atoms with Crippen LogP contribution >= 0.6 is 11.3 Å². The molecule has 3 nitrogen and oxygen atoms in total. The Morgan fingerprint density at radius 2 is 2.10 bits per heavy atom. The Morgan fingerprint density at radius 1 is 1.29 bits per heavy atom. The molecular formula is C17H23N3S. The Labute approximate surface area is 130 Å². The van der Waals surface area contributed by atoms with Gasteiger partial charge in [0.15, 0.2) is 0 Å². The number of nitrogens with two attached hydrogens (primary N) is 1. The van der Waals surface area contributed by atoms with Crippen molar-refractivity contribution >= 4 is 11.3 Å². The summed E-state index contributed by atoms with van der Waals surface area (Å²) in [5.41, 5.74) is 8.95. The SMILES string of the molecule is CCCc1csc(CN2C[C@@H](N)[C@H](c3ccccc3)C2)n1. The van der Waals surface area contributed by atoms with Crippen LogP contribution in [0.1, 0.15) is 35.5 Å². The molecule has 112 valence electrons. The molecule has 0 spiro atoms. The van der Waals surface area contributed by atoms with Crippen molar-refractivity contribution in [2.45, 2.75) is 38.3 Å². The summed E-state index contributed by atoms with van der Waals surface area (Å²) in [5, 5.41) is 3.42. The highest BCUT2D eigenvalue weighted by Gasteiger charge is 2.31. The molecule has 0 radical (unpaired) electrons. The van der Waals surface area contributed by atoms with E-state index in [9.17, 15) is 0 Å². The molecule has 0 saturated carbocycles. The fraction of sp³-hybridized carbons (Fsp3) is 0.471. The summed E-state index contributed by atoms with van der Waals surface area (Å²) in [6, 6.07) is 10.9. The highest BCUT2D eigenvalue weighted by Crippen LogP contribution is 2.27. The van der Waals surface area contributed by atoms with E-state index < -0.39 is 0 Å². The van der Waals surface area contributed by atoms with Gasteiger partial charge in [-0.15, -0.1) is 11.3 Å². The fourth-order valence-electron chi connectivity index (χ4n) is 3.08. The number of hydrogen-bond acceptors (Lipinski definition) is 4. The normalized spacial score (nSPS) is 22.8. The zero-order valence-electron chi connectivity index (χ0n) is 12.5. The van der Waals surface area contributed by atoms with Gasteiger partial charge in [-0.25, -0.2) is 4.98 Å². The van der Waals surface area contributed by atoms with E-state index in [0.717, 1.165) is 32.5 Å². The minimum absolute atomic E-state index is 0.225. The number of nitrogens with zero attached hydrogens (tertiary/aromatic N) is 2. The second-order valence-electron chi connectivity index (χ2n) is 5.86. The zero-order chi connectivity index (χ0) is 14.7. The second-order valence-corrected chi connectivity index (χ2v) is 6.80. The highest BCUT2D eigenvalue weighted by atomic mass is 32.1. The van der Waals surface area contributed by atoms with Gasteiger partial charge in [-0.2, -0.15) is 0 Å². The lowest BCUT2D eigenvalue weighted by atomic mass is 9.95. The fourth-order valence-corrected chi connectivity index (χ4v) is 3.95. The van der Waals surface area contributed by atoms with Crippen LogP contribution in [0.15, 0.2) is 35.7 Å². The molecule has 0 bridgehead atoms. The average Bonchev–Trinajstić information content (AvgIpc) is 3.07. The molecule has 1 aromatic heterocycles. The molecule has 2 atom stereocenters. The summed E-state index contributed by atoms with van der Waals surface area (Å²) in [6.07, 6.45) is 2.25. The quantitative estimate of drug-likeness (QED) is 0.923. The molecule has 1 fully saturated rings. The predicted molar refractivity (Wildman–Crippen MR) is 88.5 cm³/mol. The first-order valence-electron chi connectivity index (χ1n) is 7.72. The van der Waals surface area contributed by atoms with Crippen molar-refractivity contribution in [3.63, 3.8) is 0 Å². The molecule has 21 heavy (non-hydrogen) atoms. The summed E-state index contributed by atoms with van der Waals surface area (Å²) in [6.45, 7) is 5.13. The van der Waals surface area contributed by atoms with Gasteiger partial charge in [0.05, 0.1) is 12.2 Å². The molecule has 1 aromatic carbocycles. The number of aryl methyl sites for hydroxylation is 1. The number of likely N-dealkylation sites (tertiary alicyclic amines) is 1. The van der Waals surface area contributed by atoms with E-state index >= 15 is 0 Å². The summed E-state index contributed by atoms with van der Waals surface area (Å²) < 4.78 is 0. The van der Waals surface area contributed by atoms with Crippen LogP contribution in [-0.4, -0.2) is 29.0 Å². The van der Waals surface area contributed by atoms with Crippen molar-refractivity contribution in [1.82, 2.24) is 9.88 Å². The largest absolute Gasteiger partial charge is 0.326 e. The van der Waals surface area contributed by atoms with Crippen LogP contribution in [-0.2, 0) is 13.0 Å². The standard InChI is InChI=1S/C17H23N3S/c1-2-6-14-12-21-17(19-14)11-20-9-15(16(18)10-20)13-7-4-3-5-8-13/h3-5,7-8,12,15-16H,2,6,9-11,18H2,1H3/t15-,16+/m0/s1. The molecule has 0 unspecified atom stereocenters. The van der Waals surface area contributed by atoms with E-state index in [0.29, 0.717) is 5.92 Å². The minimum atomic E-state index is 0.225. The van der Waals surface area contributed by atoms with Gasteiger partial charge in [0.2, 0.25) is 0 Å². The molecule has 2 N–H and O–H groups in total. The Bertz CT molecular complexity index is 566. The molecule has 1 aliphatic heterocycles. The lowest BCUT2D eigenvalue weighted by molar-refractivity contribution is 0.323. The monoisotopic (exact) mass is 301 g/mol. The molecule has 1 aliphatic rings. The van der Waals surface area contributed by atoms with Gasteiger partial charge in [-0.1, -0.05) is 43.7 Å². The van der Waals surface area contributed by atoms with Crippen molar-refractivity contribution in [2.24, 2.45) is 5.73 Å². The van der Waals surface area contributed by atoms with Gasteiger partial charge in [-0.05, 0) is 12.0 Å². The molecule has 1 saturated heterocycles. The minimum Gasteiger partial charge on any atom is -0.326 e. The third-order valence-electron chi connectivity index (χ3n) is 4.13. The van der Waals surface area contributed by atoms with E-state index in [1.807, 2.05) is 0 Å². The van der Waals surface area contributed by atoms with Crippen molar-refractivity contribution < 1.29 is 0 Å². The molecule has 2 aromatic rings. The van der Waals surface area contributed by atoms with Crippen molar-refractivity contribution in [2.75, 3.05) is 13.1 Å². The third-order valence-corrected chi connectivity index (χ3v) is 5.02. The molecular weight excluding hydrogens is 278 g/mol. The predicted octanol–water partition coefficient (Wildman–Crippen LogP) is 3.02. The maximum Gasteiger partial charge on any atom is 0.107 e. The summed E-state index contributed by atoms with van der Waals surface area (Å²) in [5.74, 6) is 0.446. The molecule has 3 rings (SSSR count). The Kier molecular flexibility index (Phi) is 4.68. The second kappa shape index (κ2) is 6.69. The van der Waals surface area contributed by atoms with Crippen LogP contribution in [0.2, 0.25) is 0 Å². The van der Waals surface area contributed by atoms with Gasteiger partial charge < -0.3 is 5.73 Å². The summed E-state index contributed by atoms with van der Waals surface area (Å²) in [4.78, 5) is 7.16. The lowest BCUT2D eigenvalue weighted by Gasteiger charge is -2.15. The maximum absolute atomic E-state index is 6.35. The first kappa shape index (κ1) is 14.7. The van der Waals surface area contributed by atoms with Crippen molar-refractivity contribution in [3.05, 3.63) is 52.0 Å². The van der Waals surface area contributed by atoms with E-state index in [2.05, 4.69) is 47.5 Å². The Balaban J connectivity index is 1.63. The zero-order valence-corrected chi connectivity index (χ0v) is 13.4. The molecule has 0 amide bonds. The smallest absolute Gasteiger partial charge is 0.107 e. The number of aromatic nitrogens is 1. The van der Waals surface area contributed by atoms with Crippen LogP contribution in [0.3, 0.4) is 0 Å². The number of rotatable bonds is 5. The first-order valence-corrected chi connectivity index (χ1v) is 8.60. The van der Waals surface area contributed by atoms with Crippen LogP contribution in [0, 0.1) is 0 Å². The van der Waals surface area contributed by atoms with E-state index in [1.54, 1.807) is 11.3 Å². The van der Waals surface area contributed by atoms with Crippen LogP contribution in [0.5, 0.6) is 0 Å². The Morgan fingerprint density at radius 3 is 2.86 bits per heavy atom. The van der Waals surface area contributed by atoms with E-state index in [-0.39, 0.29) is 6.04 Å². The summed E-state index contributed by atoms with van der Waals surface area (Å²) in [7, 11) is 0. The molecule has 4 heteroatoms. The van der Waals surface area contributed by atoms with Gasteiger partial charge in [0, 0.05) is 30.4 Å². The van der Waals surface area contributed by atoms with Crippen molar-refractivity contribution in [1.29, 1.82) is 0 Å². The van der Waals surface area contributed by atoms with Gasteiger partial charge in [-0.3, -0.25) is 4.90 Å². The van der Waals surface area contributed by atoms with Crippen LogP contribution in [0.25, 0.3) is 0 Å². The van der Waals surface area contributed by atoms with Crippen LogP contribution < -0.4 is 5.73 Å². The molecule has 2 heterocycles. The third kappa shape index (κ3) is 3.51. The average molecular weight is 301 g/mol. The highest BCUT2D eigenvalue weighted by molar-refractivity contribution is 7.09. The van der Waals surface area contributed by atoms with Gasteiger partial charge in [0.1, 0.15) is 5.01 Å². The lowest BCUT2D eigenvalue weighted by Crippen LogP contribution is -2.28. The first-order chi connectivity index (χ1) is 10.3. The van der Waals surface area contributed by atoms with Gasteiger partial charge in [0.25, 0.3) is 0 Å². The Hall–Kier alpha value is -1.23. The number of thiazole rings is 1. The van der Waals surface area contributed by atoms with Crippen LogP contribution in [0.4, 0.5) is 0 Å². The van der Waals surface area contributed by atoms with E-state index in [1.165, 1.54) is 16.3 Å². The summed E-state index contributed by atoms with van der Waals surface area (Å²) >= 11 is 1.78. The van der Waals surface area contributed by atoms with Crippen molar-refractivity contribution in [3.8, 4) is 0 Å². The number of hydrogen-bond donors (Lipinski definition) is 1.